The summed E-state index contributed by atoms with van der Waals surface area (Å²) in [6.45, 7) is 18.7. The van der Waals surface area contributed by atoms with Crippen LogP contribution in [0.1, 0.15) is 81.1 Å². The summed E-state index contributed by atoms with van der Waals surface area (Å²) in [6, 6.07) is 10.7. The minimum absolute atomic E-state index is 0.105. The molecule has 2 aliphatic rings. The van der Waals surface area contributed by atoms with Gasteiger partial charge in [0.25, 0.3) is 0 Å². The lowest BCUT2D eigenvalue weighted by Gasteiger charge is -2.54. The van der Waals surface area contributed by atoms with Crippen LogP contribution in [0.25, 0.3) is 0 Å². The van der Waals surface area contributed by atoms with E-state index in [2.05, 4.69) is 110 Å². The Morgan fingerprint density at radius 2 is 0.968 bits per heavy atom. The molecule has 0 N–H and O–H groups in total. The molecule has 4 nitrogen and oxygen atoms in total. The van der Waals surface area contributed by atoms with E-state index < -0.39 is 9.28 Å². The van der Waals surface area contributed by atoms with Crippen molar-refractivity contribution >= 4 is 14.5 Å². The van der Waals surface area contributed by atoms with Gasteiger partial charge in [0.15, 0.2) is 0 Å². The molecule has 2 fully saturated rings. The summed E-state index contributed by atoms with van der Waals surface area (Å²) in [4.78, 5) is 5.02. The molecule has 0 amide bonds. The van der Waals surface area contributed by atoms with Gasteiger partial charge in [-0.25, -0.2) is 0 Å². The SMILES string of the molecule is CN1C(C)(C)CC(O[Si](OC2CC(C)(C)N(C)C(C)(C)C2)c2ccccc2)CC1(C)C. The van der Waals surface area contributed by atoms with Crippen molar-refractivity contribution in [1.29, 1.82) is 0 Å². The number of benzene rings is 1. The normalized spacial score (nSPS) is 26.9. The van der Waals surface area contributed by atoms with Crippen molar-refractivity contribution in [1.82, 2.24) is 9.80 Å². The lowest BCUT2D eigenvalue weighted by molar-refractivity contribution is -0.0788. The van der Waals surface area contributed by atoms with Gasteiger partial charge in [0.1, 0.15) is 0 Å². The third kappa shape index (κ3) is 5.44. The highest BCUT2D eigenvalue weighted by atomic mass is 28.3. The first kappa shape index (κ1) is 24.9. The highest BCUT2D eigenvalue weighted by Gasteiger charge is 2.47. The fourth-order valence-electron chi connectivity index (χ4n) is 5.77. The van der Waals surface area contributed by atoms with Crippen LogP contribution >= 0.6 is 0 Å². The predicted octanol–water partition coefficient (Wildman–Crippen LogP) is 4.72. The fraction of sp³-hybridized carbons (Fsp3) is 0.769. The van der Waals surface area contributed by atoms with Crippen LogP contribution in [0.15, 0.2) is 30.3 Å². The Kier molecular flexibility index (Phi) is 6.88. The van der Waals surface area contributed by atoms with Crippen molar-refractivity contribution in [2.75, 3.05) is 14.1 Å². The van der Waals surface area contributed by atoms with E-state index >= 15 is 0 Å². The maximum absolute atomic E-state index is 6.90. The summed E-state index contributed by atoms with van der Waals surface area (Å²) in [5.41, 5.74) is 0.419. The van der Waals surface area contributed by atoms with E-state index in [4.69, 9.17) is 8.85 Å². The molecule has 2 aliphatic heterocycles. The van der Waals surface area contributed by atoms with Crippen LogP contribution in [-0.2, 0) is 8.85 Å². The van der Waals surface area contributed by atoms with Gasteiger partial charge < -0.3 is 8.85 Å². The van der Waals surface area contributed by atoms with Gasteiger partial charge in [-0.05, 0) is 100 Å². The molecule has 0 aliphatic carbocycles. The molecule has 0 spiro atoms. The maximum Gasteiger partial charge on any atom is 0.424 e. The zero-order valence-corrected chi connectivity index (χ0v) is 22.6. The Morgan fingerprint density at radius 1 is 0.645 bits per heavy atom. The van der Waals surface area contributed by atoms with Gasteiger partial charge in [0.05, 0.1) is 12.2 Å². The Hall–Kier alpha value is -0.723. The van der Waals surface area contributed by atoms with Crippen LogP contribution < -0.4 is 5.19 Å². The lowest BCUT2D eigenvalue weighted by atomic mass is 9.79. The quantitative estimate of drug-likeness (QED) is 0.613. The van der Waals surface area contributed by atoms with Crippen molar-refractivity contribution in [3.63, 3.8) is 0 Å². The number of nitrogens with zero attached hydrogens (tertiary/aromatic N) is 2. The number of piperidine rings is 2. The van der Waals surface area contributed by atoms with Crippen LogP contribution in [0.4, 0.5) is 0 Å². The van der Waals surface area contributed by atoms with E-state index in [1.54, 1.807) is 0 Å². The van der Waals surface area contributed by atoms with Crippen LogP contribution in [0, 0.1) is 0 Å². The molecule has 0 aromatic heterocycles. The Bertz CT molecular complexity index is 667. The molecule has 5 heteroatoms. The van der Waals surface area contributed by atoms with Crippen molar-refractivity contribution in [3.05, 3.63) is 30.3 Å². The van der Waals surface area contributed by atoms with Gasteiger partial charge in [-0.2, -0.15) is 0 Å². The Balaban J connectivity index is 1.82. The average molecular weight is 446 g/mol. The second kappa shape index (κ2) is 8.57. The third-order valence-corrected chi connectivity index (χ3v) is 10.00. The van der Waals surface area contributed by atoms with E-state index in [0.717, 1.165) is 25.7 Å². The van der Waals surface area contributed by atoms with Crippen molar-refractivity contribution in [2.24, 2.45) is 0 Å². The molecule has 0 saturated carbocycles. The average Bonchev–Trinajstić information content (AvgIpc) is 2.63. The van der Waals surface area contributed by atoms with E-state index in [1.807, 2.05) is 0 Å². The summed E-state index contributed by atoms with van der Waals surface area (Å²) in [5, 5.41) is 1.22. The molecule has 175 valence electrons. The van der Waals surface area contributed by atoms with Gasteiger partial charge in [-0.3, -0.25) is 9.80 Å². The van der Waals surface area contributed by atoms with Crippen LogP contribution in [0.2, 0.25) is 0 Å². The standard InChI is InChI=1S/C26H45N2O2Si/c1-23(2)16-20(17-24(3,4)27(23)9)29-31(22-14-12-11-13-15-22)30-21-18-25(5,6)28(10)26(7,8)19-21/h11-15,20-21H,16-19H2,1-10H3. The molecule has 1 radical (unpaired) electrons. The van der Waals surface area contributed by atoms with E-state index in [0.29, 0.717) is 0 Å². The van der Waals surface area contributed by atoms with Crippen molar-refractivity contribution in [2.45, 2.75) is 115 Å². The van der Waals surface area contributed by atoms with E-state index in [9.17, 15) is 0 Å². The topological polar surface area (TPSA) is 24.9 Å². The number of likely N-dealkylation sites (tertiary alicyclic amines) is 2. The van der Waals surface area contributed by atoms with Crippen LogP contribution in [-0.4, -0.2) is 67.5 Å². The lowest BCUT2D eigenvalue weighted by Crippen LogP contribution is -2.62. The first-order chi connectivity index (χ1) is 14.1. The molecule has 31 heavy (non-hydrogen) atoms. The summed E-state index contributed by atoms with van der Waals surface area (Å²) in [5.74, 6) is 0. The zero-order chi connectivity index (χ0) is 23.2. The number of rotatable bonds is 5. The highest BCUT2D eigenvalue weighted by Crippen LogP contribution is 2.40. The molecule has 1 aromatic carbocycles. The van der Waals surface area contributed by atoms with Gasteiger partial charge in [-0.15, -0.1) is 0 Å². The summed E-state index contributed by atoms with van der Waals surface area (Å²) < 4.78 is 13.8. The van der Waals surface area contributed by atoms with Gasteiger partial charge in [0.2, 0.25) is 0 Å². The maximum atomic E-state index is 6.90. The minimum Gasteiger partial charge on any atom is -0.387 e. The number of hydrogen-bond acceptors (Lipinski definition) is 4. The molecule has 0 atom stereocenters. The molecule has 2 saturated heterocycles. The van der Waals surface area contributed by atoms with Gasteiger partial charge in [-0.1, -0.05) is 30.3 Å². The van der Waals surface area contributed by atoms with Crippen molar-refractivity contribution in [3.8, 4) is 0 Å². The van der Waals surface area contributed by atoms with Crippen LogP contribution in [0.3, 0.4) is 0 Å². The van der Waals surface area contributed by atoms with Crippen LogP contribution in [0.5, 0.6) is 0 Å². The summed E-state index contributed by atoms with van der Waals surface area (Å²) in [7, 11) is 2.91. The molecular formula is C26H45N2O2Si. The third-order valence-electron chi connectivity index (χ3n) is 8.10. The molecule has 0 unspecified atom stereocenters. The van der Waals surface area contributed by atoms with Crippen molar-refractivity contribution < 1.29 is 8.85 Å². The summed E-state index contributed by atoms with van der Waals surface area (Å²) >= 11 is 0. The second-order valence-corrected chi connectivity index (χ2v) is 13.9. The molecular weight excluding hydrogens is 400 g/mol. The van der Waals surface area contributed by atoms with E-state index in [1.165, 1.54) is 5.19 Å². The van der Waals surface area contributed by atoms with Gasteiger partial charge >= 0.3 is 9.28 Å². The second-order valence-electron chi connectivity index (χ2n) is 12.3. The largest absolute Gasteiger partial charge is 0.424 e. The molecule has 1 aromatic rings. The Labute approximate surface area is 193 Å². The molecule has 0 bridgehead atoms. The first-order valence-electron chi connectivity index (χ1n) is 11.9. The fourth-order valence-corrected chi connectivity index (χ4v) is 7.50. The monoisotopic (exact) mass is 445 g/mol. The first-order valence-corrected chi connectivity index (χ1v) is 13.2. The molecule has 2 heterocycles. The Morgan fingerprint density at radius 3 is 1.29 bits per heavy atom. The number of hydrogen-bond donors (Lipinski definition) is 0. The van der Waals surface area contributed by atoms with E-state index in [-0.39, 0.29) is 34.4 Å². The smallest absolute Gasteiger partial charge is 0.387 e. The minimum atomic E-state index is -1.59. The molecule has 3 rings (SSSR count). The van der Waals surface area contributed by atoms with Gasteiger partial charge in [0, 0.05) is 22.2 Å². The highest BCUT2D eigenvalue weighted by molar-refractivity contribution is 6.61. The summed E-state index contributed by atoms with van der Waals surface area (Å²) in [6.07, 6.45) is 4.54. The zero-order valence-electron chi connectivity index (χ0n) is 21.6. The predicted molar refractivity (Wildman–Crippen MR) is 132 cm³/mol.